The Balaban J connectivity index is 0. The van der Waals surface area contributed by atoms with Crippen molar-refractivity contribution in [3.05, 3.63) is 140 Å². The Morgan fingerprint density at radius 1 is 0.300 bits per heavy atom. The van der Waals surface area contributed by atoms with E-state index in [1.807, 2.05) is 0 Å². The molecule has 0 aliphatic carbocycles. The molecule has 0 spiro atoms. The van der Waals surface area contributed by atoms with Gasteiger partial charge in [0, 0.05) is 0 Å². The van der Waals surface area contributed by atoms with Crippen LogP contribution in [0.15, 0.2) is 72.8 Å². The standard InChI is InChI=1S/C15H24.C14H22.C12H18.C11H16.2C4H10/c1-10(2)13-8-11(3)14(12(4)9-13)15(5,6)7;1-10(2)12-7-8-13(11(3)9-12)14(4,5)6;1-9-7-6-8-10(2)11(9)12(3,4)5;1-9-7-5-6-8-10(9)11(2,3)4;2*1-4(2)3/h8-10H,1-7H3;7-10H,1-6H3;6-8H,1-5H3;5-8H,1-4H3;2*4H,1-3H3. The van der Waals surface area contributed by atoms with Crippen LogP contribution in [0.3, 0.4) is 0 Å². The van der Waals surface area contributed by atoms with E-state index in [2.05, 4.69) is 267 Å². The lowest BCUT2D eigenvalue weighted by atomic mass is 9.79. The van der Waals surface area contributed by atoms with Crippen molar-refractivity contribution in [2.24, 2.45) is 11.8 Å². The number of benzene rings is 4. The van der Waals surface area contributed by atoms with Gasteiger partial charge in [-0.3, -0.25) is 0 Å². The zero-order valence-electron chi connectivity index (χ0n) is 45.2. The Morgan fingerprint density at radius 2 is 0.600 bits per heavy atom. The monoisotopic (exact) mass is 821 g/mol. The molecule has 0 fully saturated rings. The highest BCUT2D eigenvalue weighted by molar-refractivity contribution is 5.43. The van der Waals surface area contributed by atoms with Gasteiger partial charge in [0.1, 0.15) is 0 Å². The minimum atomic E-state index is 0.254. The Morgan fingerprint density at radius 3 is 0.867 bits per heavy atom. The third-order valence-electron chi connectivity index (χ3n) is 9.88. The predicted octanol–water partition coefficient (Wildman–Crippen LogP) is 19.4. The van der Waals surface area contributed by atoms with Gasteiger partial charge < -0.3 is 0 Å². The van der Waals surface area contributed by atoms with Crippen LogP contribution in [0.2, 0.25) is 0 Å². The van der Waals surface area contributed by atoms with Gasteiger partial charge in [-0.25, -0.2) is 0 Å². The van der Waals surface area contributed by atoms with Gasteiger partial charge in [0.05, 0.1) is 0 Å². The molecule has 340 valence electrons. The zero-order chi connectivity index (χ0) is 47.7. The molecule has 0 N–H and O–H groups in total. The van der Waals surface area contributed by atoms with Gasteiger partial charge in [0.15, 0.2) is 0 Å². The van der Waals surface area contributed by atoms with E-state index in [1.165, 1.54) is 66.8 Å². The summed E-state index contributed by atoms with van der Waals surface area (Å²) in [5.74, 6) is 2.92. The van der Waals surface area contributed by atoms with Crippen molar-refractivity contribution in [1.82, 2.24) is 0 Å². The van der Waals surface area contributed by atoms with E-state index in [0.717, 1.165) is 11.8 Å². The molecule has 0 saturated heterocycles. The number of hydrogen-bond donors (Lipinski definition) is 0. The first kappa shape index (κ1) is 59.0. The molecule has 60 heavy (non-hydrogen) atoms. The molecule has 0 atom stereocenters. The summed E-state index contributed by atoms with van der Waals surface area (Å²) in [6.07, 6.45) is 0. The van der Waals surface area contributed by atoms with E-state index in [4.69, 9.17) is 0 Å². The van der Waals surface area contributed by atoms with E-state index < -0.39 is 0 Å². The van der Waals surface area contributed by atoms with Crippen molar-refractivity contribution in [2.75, 3.05) is 0 Å². The van der Waals surface area contributed by atoms with Crippen LogP contribution in [0, 0.1) is 53.4 Å². The van der Waals surface area contributed by atoms with E-state index in [9.17, 15) is 0 Å². The summed E-state index contributed by atoms with van der Waals surface area (Å²) in [7, 11) is 0. The second-order valence-corrected chi connectivity index (χ2v) is 23.5. The molecule has 4 rings (SSSR count). The van der Waals surface area contributed by atoms with Crippen LogP contribution >= 0.6 is 0 Å². The first-order valence-electron chi connectivity index (χ1n) is 23.3. The maximum atomic E-state index is 2.35. The van der Waals surface area contributed by atoms with Crippen LogP contribution in [0.25, 0.3) is 0 Å². The molecule has 0 radical (unpaired) electrons. The largest absolute Gasteiger partial charge is 0.0630 e. The Hall–Kier alpha value is -3.12. The summed E-state index contributed by atoms with van der Waals surface area (Å²) >= 11 is 0. The molecule has 0 amide bonds. The van der Waals surface area contributed by atoms with Gasteiger partial charge in [-0.15, -0.1) is 0 Å². The van der Waals surface area contributed by atoms with Crippen molar-refractivity contribution in [2.45, 2.75) is 227 Å². The van der Waals surface area contributed by atoms with E-state index in [0.29, 0.717) is 11.8 Å². The average Bonchev–Trinajstić information content (AvgIpc) is 3.02. The average molecular weight is 821 g/mol. The highest BCUT2D eigenvalue weighted by Gasteiger charge is 2.20. The zero-order valence-corrected chi connectivity index (χ0v) is 45.2. The summed E-state index contributed by atoms with van der Waals surface area (Å²) in [5, 5.41) is 0. The normalized spacial score (nSPS) is 11.6. The first-order chi connectivity index (χ1) is 27.0. The second kappa shape index (κ2) is 25.7. The summed E-state index contributed by atoms with van der Waals surface area (Å²) < 4.78 is 0. The Labute approximate surface area is 377 Å². The molecule has 0 saturated carbocycles. The summed E-state index contributed by atoms with van der Waals surface area (Å²) in [6.45, 7) is 62.4. The van der Waals surface area contributed by atoms with Crippen LogP contribution in [-0.2, 0) is 21.7 Å². The van der Waals surface area contributed by atoms with E-state index in [1.54, 1.807) is 0 Å². The number of rotatable bonds is 2. The van der Waals surface area contributed by atoms with Crippen molar-refractivity contribution in [3.8, 4) is 0 Å². The fourth-order valence-corrected chi connectivity index (χ4v) is 7.81. The lowest BCUT2D eigenvalue weighted by Crippen LogP contribution is -2.15. The third-order valence-corrected chi connectivity index (χ3v) is 9.88. The molecule has 0 aromatic heterocycles. The highest BCUT2D eigenvalue weighted by atomic mass is 14.3. The molecule has 0 heteroatoms. The quantitative estimate of drug-likeness (QED) is 0.189. The van der Waals surface area contributed by atoms with Crippen molar-refractivity contribution < 1.29 is 0 Å². The molecule has 4 aromatic rings. The third kappa shape index (κ3) is 23.2. The maximum absolute atomic E-state index is 2.35. The molecule has 0 aliphatic heterocycles. The first-order valence-corrected chi connectivity index (χ1v) is 23.3. The Kier molecular flexibility index (Phi) is 25.3. The van der Waals surface area contributed by atoms with Gasteiger partial charge in [-0.1, -0.05) is 225 Å². The number of aryl methyl sites for hydroxylation is 6. The van der Waals surface area contributed by atoms with Gasteiger partial charge in [-0.2, -0.15) is 0 Å². The lowest BCUT2D eigenvalue weighted by Gasteiger charge is -2.25. The molecule has 0 bridgehead atoms. The minimum Gasteiger partial charge on any atom is -0.0630 e. The summed E-state index contributed by atoms with van der Waals surface area (Å²) in [5.41, 5.74) is 18.4. The van der Waals surface area contributed by atoms with Crippen LogP contribution < -0.4 is 0 Å². The summed E-state index contributed by atoms with van der Waals surface area (Å²) in [6, 6.07) is 26.6. The number of hydrogen-bond acceptors (Lipinski definition) is 0. The van der Waals surface area contributed by atoms with Crippen molar-refractivity contribution in [1.29, 1.82) is 0 Å². The fraction of sp³-hybridized carbons (Fsp3) is 0.600. The molecular formula is C60H100. The van der Waals surface area contributed by atoms with Gasteiger partial charge >= 0.3 is 0 Å². The molecule has 0 heterocycles. The molecular weight excluding hydrogens is 721 g/mol. The summed E-state index contributed by atoms with van der Waals surface area (Å²) in [4.78, 5) is 0. The van der Waals surface area contributed by atoms with Gasteiger partial charge in [-0.05, 0) is 154 Å². The van der Waals surface area contributed by atoms with Crippen molar-refractivity contribution in [3.63, 3.8) is 0 Å². The smallest absolute Gasteiger partial charge is 0.0127 e. The van der Waals surface area contributed by atoms with Crippen LogP contribution in [-0.4, -0.2) is 0 Å². The SMILES string of the molecule is CC(C)C.CC(C)C.Cc1cc(C(C)C)cc(C)c1C(C)(C)C.Cc1cc(C(C)C)ccc1C(C)(C)C.Cc1cccc(C)c1C(C)(C)C.Cc1ccccc1C(C)(C)C. The topological polar surface area (TPSA) is 0 Å². The molecule has 4 aromatic carbocycles. The Bertz CT molecular complexity index is 1740. The molecule has 0 nitrogen and oxygen atoms in total. The van der Waals surface area contributed by atoms with Crippen LogP contribution in [0.4, 0.5) is 0 Å². The van der Waals surface area contributed by atoms with Gasteiger partial charge in [0.25, 0.3) is 0 Å². The predicted molar refractivity (Wildman–Crippen MR) is 278 cm³/mol. The van der Waals surface area contributed by atoms with E-state index in [-0.39, 0.29) is 21.7 Å². The lowest BCUT2D eigenvalue weighted by molar-refractivity contribution is 0.581. The van der Waals surface area contributed by atoms with Crippen molar-refractivity contribution >= 4 is 0 Å². The molecule has 0 aliphatic rings. The van der Waals surface area contributed by atoms with Crippen LogP contribution in [0.5, 0.6) is 0 Å². The second-order valence-electron chi connectivity index (χ2n) is 23.5. The molecule has 0 unspecified atom stereocenters. The minimum absolute atomic E-state index is 0.254. The van der Waals surface area contributed by atoms with E-state index >= 15 is 0 Å². The van der Waals surface area contributed by atoms with Crippen LogP contribution in [0.1, 0.15) is 231 Å². The fourth-order valence-electron chi connectivity index (χ4n) is 7.81. The maximum Gasteiger partial charge on any atom is -0.0127 e. The highest BCUT2D eigenvalue weighted by Crippen LogP contribution is 2.32. The van der Waals surface area contributed by atoms with Gasteiger partial charge in [0.2, 0.25) is 0 Å².